The molecule has 0 fully saturated rings. The van der Waals surface area contributed by atoms with E-state index in [0.717, 1.165) is 13.0 Å². The average molecular weight is 201 g/mol. The summed E-state index contributed by atoms with van der Waals surface area (Å²) < 4.78 is 0. The van der Waals surface area contributed by atoms with E-state index < -0.39 is 5.60 Å². The minimum Gasteiger partial charge on any atom is -0.381 e. The van der Waals surface area contributed by atoms with Crippen molar-refractivity contribution in [1.82, 2.24) is 4.90 Å². The molecule has 84 valence electrons. The molecule has 0 rings (SSSR count). The topological polar surface area (TPSA) is 40.5 Å². The molecule has 0 radical (unpaired) electrons. The van der Waals surface area contributed by atoms with Crippen LogP contribution in [0.15, 0.2) is 0 Å². The molecule has 1 amide bonds. The summed E-state index contributed by atoms with van der Waals surface area (Å²) in [5, 5.41) is 9.58. The van der Waals surface area contributed by atoms with Crippen LogP contribution in [0.5, 0.6) is 0 Å². The van der Waals surface area contributed by atoms with Gasteiger partial charge >= 0.3 is 0 Å². The number of nitrogens with zero attached hydrogens (tertiary/aromatic N) is 1. The number of hydrogen-bond acceptors (Lipinski definition) is 2. The molecule has 14 heavy (non-hydrogen) atoms. The fourth-order valence-electron chi connectivity index (χ4n) is 1.25. The third kappa shape index (κ3) is 4.09. The number of aliphatic hydroxyl groups is 1. The lowest BCUT2D eigenvalue weighted by atomic mass is 10.1. The molecule has 1 unspecified atom stereocenters. The number of amides is 1. The second-order valence-electron chi connectivity index (χ2n) is 4.42. The van der Waals surface area contributed by atoms with Gasteiger partial charge in [-0.15, -0.1) is 0 Å². The molecule has 0 aliphatic carbocycles. The number of carbonyl (C=O) groups excluding carboxylic acids is 1. The number of carbonyl (C=O) groups is 1. The molecule has 0 saturated carbocycles. The molecule has 0 aromatic heterocycles. The van der Waals surface area contributed by atoms with Crippen LogP contribution >= 0.6 is 0 Å². The SMILES string of the molecule is CCC(C)CN(CC)C(=O)C(C)(C)O. The van der Waals surface area contributed by atoms with Crippen molar-refractivity contribution in [2.45, 2.75) is 46.6 Å². The van der Waals surface area contributed by atoms with Crippen LogP contribution < -0.4 is 0 Å². The van der Waals surface area contributed by atoms with Gasteiger partial charge in [-0.3, -0.25) is 4.79 Å². The van der Waals surface area contributed by atoms with Crippen LogP contribution in [0.4, 0.5) is 0 Å². The molecular weight excluding hydrogens is 178 g/mol. The molecule has 0 spiro atoms. The maximum absolute atomic E-state index is 11.7. The van der Waals surface area contributed by atoms with Gasteiger partial charge in [-0.1, -0.05) is 20.3 Å². The molecule has 1 N–H and O–H groups in total. The Hall–Kier alpha value is -0.570. The summed E-state index contributed by atoms with van der Waals surface area (Å²) in [5.41, 5.74) is -1.25. The van der Waals surface area contributed by atoms with Crippen molar-refractivity contribution in [2.75, 3.05) is 13.1 Å². The third-order valence-corrected chi connectivity index (χ3v) is 2.42. The molecule has 0 aromatic rings. The van der Waals surface area contributed by atoms with Crippen molar-refractivity contribution >= 4 is 5.91 Å². The number of hydrogen-bond donors (Lipinski definition) is 1. The predicted molar refractivity (Wildman–Crippen MR) is 58.0 cm³/mol. The molecule has 3 heteroatoms. The van der Waals surface area contributed by atoms with Gasteiger partial charge in [0.05, 0.1) is 0 Å². The quantitative estimate of drug-likeness (QED) is 0.734. The van der Waals surface area contributed by atoms with Crippen LogP contribution in [-0.2, 0) is 4.79 Å². The fraction of sp³-hybridized carbons (Fsp3) is 0.909. The van der Waals surface area contributed by atoms with E-state index in [0.29, 0.717) is 12.5 Å². The van der Waals surface area contributed by atoms with Crippen molar-refractivity contribution in [3.63, 3.8) is 0 Å². The first kappa shape index (κ1) is 13.4. The molecular formula is C11H23NO2. The minimum absolute atomic E-state index is 0.180. The van der Waals surface area contributed by atoms with Gasteiger partial charge < -0.3 is 10.0 Å². The maximum atomic E-state index is 11.7. The van der Waals surface area contributed by atoms with Gasteiger partial charge in [-0.05, 0) is 26.7 Å². The van der Waals surface area contributed by atoms with Gasteiger partial charge in [-0.25, -0.2) is 0 Å². The number of rotatable bonds is 5. The summed E-state index contributed by atoms with van der Waals surface area (Å²) in [7, 11) is 0. The van der Waals surface area contributed by atoms with E-state index >= 15 is 0 Å². The molecule has 0 heterocycles. The van der Waals surface area contributed by atoms with Crippen LogP contribution in [-0.4, -0.2) is 34.6 Å². The molecule has 0 aliphatic heterocycles. The van der Waals surface area contributed by atoms with Crippen molar-refractivity contribution < 1.29 is 9.90 Å². The highest BCUT2D eigenvalue weighted by atomic mass is 16.3. The van der Waals surface area contributed by atoms with Crippen LogP contribution in [0.2, 0.25) is 0 Å². The van der Waals surface area contributed by atoms with E-state index in [9.17, 15) is 9.90 Å². The van der Waals surface area contributed by atoms with E-state index in [2.05, 4.69) is 13.8 Å². The van der Waals surface area contributed by atoms with Crippen LogP contribution in [0, 0.1) is 5.92 Å². The van der Waals surface area contributed by atoms with Gasteiger partial charge in [0.15, 0.2) is 0 Å². The summed E-state index contributed by atoms with van der Waals surface area (Å²) in [6.07, 6.45) is 1.05. The normalized spacial score (nSPS) is 13.9. The van der Waals surface area contributed by atoms with Gasteiger partial charge in [0.25, 0.3) is 5.91 Å². The second kappa shape index (κ2) is 5.35. The fourth-order valence-corrected chi connectivity index (χ4v) is 1.25. The highest BCUT2D eigenvalue weighted by molar-refractivity contribution is 5.84. The van der Waals surface area contributed by atoms with Gasteiger partial charge in [0.1, 0.15) is 5.60 Å². The number of likely N-dealkylation sites (N-methyl/N-ethyl adjacent to an activating group) is 1. The van der Waals surface area contributed by atoms with Gasteiger partial charge in [0, 0.05) is 13.1 Å². The molecule has 0 aliphatic rings. The van der Waals surface area contributed by atoms with E-state index in [4.69, 9.17) is 0 Å². The largest absolute Gasteiger partial charge is 0.381 e. The van der Waals surface area contributed by atoms with Crippen molar-refractivity contribution in [2.24, 2.45) is 5.92 Å². The predicted octanol–water partition coefficient (Wildman–Crippen LogP) is 1.65. The Labute approximate surface area is 87.1 Å². The Kier molecular flexibility index (Phi) is 5.13. The first-order valence-corrected chi connectivity index (χ1v) is 5.34. The van der Waals surface area contributed by atoms with Gasteiger partial charge in [0.2, 0.25) is 0 Å². The Morgan fingerprint density at radius 3 is 2.21 bits per heavy atom. The molecule has 3 nitrogen and oxygen atoms in total. The summed E-state index contributed by atoms with van der Waals surface area (Å²) in [4.78, 5) is 13.4. The average Bonchev–Trinajstić information content (AvgIpc) is 2.11. The first-order chi connectivity index (χ1) is 6.32. The van der Waals surface area contributed by atoms with Crippen molar-refractivity contribution in [3.05, 3.63) is 0 Å². The third-order valence-electron chi connectivity index (χ3n) is 2.42. The zero-order chi connectivity index (χ0) is 11.4. The van der Waals surface area contributed by atoms with E-state index in [1.807, 2.05) is 6.92 Å². The van der Waals surface area contributed by atoms with Gasteiger partial charge in [-0.2, -0.15) is 0 Å². The standard InChI is InChI=1S/C11H23NO2/c1-6-9(3)8-12(7-2)10(13)11(4,5)14/h9,14H,6-8H2,1-5H3. The van der Waals surface area contributed by atoms with Crippen molar-refractivity contribution in [3.8, 4) is 0 Å². The molecule has 1 atom stereocenters. The second-order valence-corrected chi connectivity index (χ2v) is 4.42. The first-order valence-electron chi connectivity index (χ1n) is 5.34. The maximum Gasteiger partial charge on any atom is 0.253 e. The zero-order valence-corrected chi connectivity index (χ0v) is 10.0. The van der Waals surface area contributed by atoms with E-state index in [1.165, 1.54) is 13.8 Å². The Bertz CT molecular complexity index is 184. The monoisotopic (exact) mass is 201 g/mol. The van der Waals surface area contributed by atoms with Crippen LogP contribution in [0.3, 0.4) is 0 Å². The van der Waals surface area contributed by atoms with E-state index in [1.54, 1.807) is 4.90 Å². The Balaban J connectivity index is 4.35. The summed E-state index contributed by atoms with van der Waals surface area (Å²) >= 11 is 0. The smallest absolute Gasteiger partial charge is 0.253 e. The lowest BCUT2D eigenvalue weighted by Gasteiger charge is -2.29. The minimum atomic E-state index is -1.25. The summed E-state index contributed by atoms with van der Waals surface area (Å²) in [6, 6.07) is 0. The lowest BCUT2D eigenvalue weighted by molar-refractivity contribution is -0.148. The molecule has 0 bridgehead atoms. The molecule has 0 aromatic carbocycles. The highest BCUT2D eigenvalue weighted by Crippen LogP contribution is 2.11. The van der Waals surface area contributed by atoms with Crippen LogP contribution in [0.1, 0.15) is 41.0 Å². The Morgan fingerprint density at radius 2 is 1.93 bits per heavy atom. The van der Waals surface area contributed by atoms with Crippen LogP contribution in [0.25, 0.3) is 0 Å². The lowest BCUT2D eigenvalue weighted by Crippen LogP contribution is -2.46. The summed E-state index contributed by atoms with van der Waals surface area (Å²) in [5.74, 6) is 0.307. The Morgan fingerprint density at radius 1 is 1.43 bits per heavy atom. The highest BCUT2D eigenvalue weighted by Gasteiger charge is 2.28. The zero-order valence-electron chi connectivity index (χ0n) is 10.0. The van der Waals surface area contributed by atoms with Crippen molar-refractivity contribution in [1.29, 1.82) is 0 Å². The molecule has 0 saturated heterocycles. The summed E-state index contributed by atoms with van der Waals surface area (Å²) in [6.45, 7) is 10.6. The van der Waals surface area contributed by atoms with E-state index in [-0.39, 0.29) is 5.91 Å².